The molecule has 1 rings (SSSR count). The molecular formula is C15H20BrCl2NO. The number of benzene rings is 1. The third-order valence-electron chi connectivity index (χ3n) is 3.06. The minimum Gasteiger partial charge on any atom is -0.335 e. The highest BCUT2D eigenvalue weighted by atomic mass is 79.9. The van der Waals surface area contributed by atoms with E-state index in [9.17, 15) is 4.79 Å². The Kier molecular flexibility index (Phi) is 6.83. The summed E-state index contributed by atoms with van der Waals surface area (Å²) in [4.78, 5) is 14.2. The molecule has 0 bridgehead atoms. The normalized spacial score (nSPS) is 12.8. The molecule has 0 N–H and O–H groups in total. The molecule has 0 aromatic heterocycles. The molecule has 0 spiro atoms. The Labute approximate surface area is 139 Å². The van der Waals surface area contributed by atoms with Gasteiger partial charge < -0.3 is 4.90 Å². The Morgan fingerprint density at radius 2 is 1.80 bits per heavy atom. The maximum atomic E-state index is 12.5. The average Bonchev–Trinajstić information content (AvgIpc) is 2.37. The summed E-state index contributed by atoms with van der Waals surface area (Å²) in [7, 11) is 0. The van der Waals surface area contributed by atoms with E-state index in [1.165, 1.54) is 0 Å². The number of amides is 1. The van der Waals surface area contributed by atoms with Gasteiger partial charge in [-0.2, -0.15) is 0 Å². The van der Waals surface area contributed by atoms with Crippen LogP contribution in [0.1, 0.15) is 33.3 Å². The molecule has 2 nitrogen and oxygen atoms in total. The lowest BCUT2D eigenvalue weighted by atomic mass is 10.1. The Hall–Kier alpha value is -0.250. The second-order valence-corrected chi connectivity index (χ2v) is 7.26. The summed E-state index contributed by atoms with van der Waals surface area (Å²) in [5.74, 6) is 0.346. The van der Waals surface area contributed by atoms with E-state index in [1.54, 1.807) is 6.07 Å². The zero-order chi connectivity index (χ0) is 15.4. The van der Waals surface area contributed by atoms with Crippen molar-refractivity contribution in [3.63, 3.8) is 0 Å². The predicted molar refractivity (Wildman–Crippen MR) is 89.7 cm³/mol. The molecule has 1 amide bonds. The lowest BCUT2D eigenvalue weighted by Crippen LogP contribution is -2.42. The first-order chi connectivity index (χ1) is 9.23. The largest absolute Gasteiger partial charge is 0.335 e. The van der Waals surface area contributed by atoms with Crippen LogP contribution in [0.3, 0.4) is 0 Å². The van der Waals surface area contributed by atoms with E-state index < -0.39 is 0 Å². The van der Waals surface area contributed by atoms with E-state index in [2.05, 4.69) is 15.9 Å². The monoisotopic (exact) mass is 379 g/mol. The van der Waals surface area contributed by atoms with Crippen molar-refractivity contribution in [1.82, 2.24) is 4.90 Å². The van der Waals surface area contributed by atoms with Crippen molar-refractivity contribution in [2.75, 3.05) is 0 Å². The van der Waals surface area contributed by atoms with Crippen molar-refractivity contribution in [1.29, 1.82) is 0 Å². The first kappa shape index (κ1) is 17.8. The van der Waals surface area contributed by atoms with Gasteiger partial charge in [-0.15, -0.1) is 0 Å². The van der Waals surface area contributed by atoms with Gasteiger partial charge in [0, 0.05) is 12.6 Å². The number of carbonyl (C=O) groups excluding carboxylic acids is 1. The minimum atomic E-state index is -0.173. The topological polar surface area (TPSA) is 20.3 Å². The van der Waals surface area contributed by atoms with Crippen molar-refractivity contribution >= 4 is 45.0 Å². The van der Waals surface area contributed by atoms with Gasteiger partial charge in [0.2, 0.25) is 5.91 Å². The van der Waals surface area contributed by atoms with Crippen LogP contribution in [0.15, 0.2) is 18.2 Å². The Morgan fingerprint density at radius 1 is 1.20 bits per heavy atom. The molecule has 0 saturated heterocycles. The van der Waals surface area contributed by atoms with Gasteiger partial charge >= 0.3 is 0 Å². The SMILES string of the molecule is CC(C)C(Br)C(=O)N(Cc1ccc(Cl)c(Cl)c1)C(C)C. The van der Waals surface area contributed by atoms with Gasteiger partial charge in [0.15, 0.2) is 0 Å². The molecule has 0 fully saturated rings. The fourth-order valence-corrected chi connectivity index (χ4v) is 2.38. The Morgan fingerprint density at radius 3 is 2.25 bits per heavy atom. The van der Waals surface area contributed by atoms with Gasteiger partial charge in [-0.25, -0.2) is 0 Å². The molecule has 1 atom stereocenters. The van der Waals surface area contributed by atoms with Gasteiger partial charge in [0.05, 0.1) is 14.9 Å². The summed E-state index contributed by atoms with van der Waals surface area (Å²) < 4.78 is 0. The molecule has 0 heterocycles. The lowest BCUT2D eigenvalue weighted by molar-refractivity contribution is -0.133. The first-order valence-electron chi connectivity index (χ1n) is 6.62. The van der Waals surface area contributed by atoms with E-state index in [0.29, 0.717) is 16.6 Å². The van der Waals surface area contributed by atoms with Crippen LogP contribution in [-0.2, 0) is 11.3 Å². The molecule has 20 heavy (non-hydrogen) atoms. The summed E-state index contributed by atoms with van der Waals surface area (Å²) in [5, 5.41) is 1.04. The van der Waals surface area contributed by atoms with Crippen molar-refractivity contribution in [2.24, 2.45) is 5.92 Å². The third kappa shape index (κ3) is 4.64. The summed E-state index contributed by atoms with van der Waals surface area (Å²) in [6.45, 7) is 8.59. The van der Waals surface area contributed by atoms with Crippen molar-refractivity contribution in [2.45, 2.75) is 45.1 Å². The number of nitrogens with zero attached hydrogens (tertiary/aromatic N) is 1. The standard InChI is InChI=1S/C15H20BrCl2NO/c1-9(2)14(16)15(20)19(10(3)4)8-11-5-6-12(17)13(18)7-11/h5-7,9-10,14H,8H2,1-4H3. The number of hydrogen-bond acceptors (Lipinski definition) is 1. The second-order valence-electron chi connectivity index (χ2n) is 5.45. The van der Waals surface area contributed by atoms with Crippen LogP contribution in [-0.4, -0.2) is 21.7 Å². The van der Waals surface area contributed by atoms with Crippen LogP contribution in [0.5, 0.6) is 0 Å². The maximum absolute atomic E-state index is 12.5. The van der Waals surface area contributed by atoms with Gasteiger partial charge in [-0.1, -0.05) is 59.0 Å². The van der Waals surface area contributed by atoms with Crippen molar-refractivity contribution < 1.29 is 4.79 Å². The molecule has 0 aliphatic heterocycles. The third-order valence-corrected chi connectivity index (χ3v) is 5.25. The van der Waals surface area contributed by atoms with Crippen LogP contribution in [0, 0.1) is 5.92 Å². The molecular weight excluding hydrogens is 361 g/mol. The summed E-state index contributed by atoms with van der Waals surface area (Å²) in [6, 6.07) is 5.59. The Balaban J connectivity index is 2.92. The highest BCUT2D eigenvalue weighted by Crippen LogP contribution is 2.24. The van der Waals surface area contributed by atoms with Gasteiger partial charge in [-0.05, 0) is 37.5 Å². The van der Waals surface area contributed by atoms with E-state index in [1.807, 2.05) is 44.7 Å². The predicted octanol–water partition coefficient (Wildman–Crippen LogP) is 5.15. The van der Waals surface area contributed by atoms with E-state index in [4.69, 9.17) is 23.2 Å². The van der Waals surface area contributed by atoms with Crippen LogP contribution in [0.25, 0.3) is 0 Å². The van der Waals surface area contributed by atoms with Gasteiger partial charge in [0.25, 0.3) is 0 Å². The maximum Gasteiger partial charge on any atom is 0.237 e. The Bertz CT molecular complexity index is 477. The van der Waals surface area contributed by atoms with Crippen LogP contribution < -0.4 is 0 Å². The highest BCUT2D eigenvalue weighted by Gasteiger charge is 2.26. The molecule has 1 aromatic rings. The molecule has 0 saturated carbocycles. The second kappa shape index (κ2) is 7.67. The van der Waals surface area contributed by atoms with Crippen molar-refractivity contribution in [3.8, 4) is 0 Å². The number of carbonyl (C=O) groups is 1. The molecule has 112 valence electrons. The molecule has 0 radical (unpaired) electrons. The molecule has 1 aromatic carbocycles. The quantitative estimate of drug-likeness (QED) is 0.646. The van der Waals surface area contributed by atoms with Crippen LogP contribution in [0.2, 0.25) is 10.0 Å². The molecule has 0 aliphatic rings. The lowest BCUT2D eigenvalue weighted by Gasteiger charge is -2.30. The van der Waals surface area contributed by atoms with Crippen LogP contribution in [0.4, 0.5) is 0 Å². The number of rotatable bonds is 5. The summed E-state index contributed by atoms with van der Waals surface area (Å²) >= 11 is 15.4. The van der Waals surface area contributed by atoms with Crippen molar-refractivity contribution in [3.05, 3.63) is 33.8 Å². The van der Waals surface area contributed by atoms with E-state index in [-0.39, 0.29) is 22.7 Å². The van der Waals surface area contributed by atoms with Crippen LogP contribution >= 0.6 is 39.1 Å². The minimum absolute atomic E-state index is 0.0982. The molecule has 5 heteroatoms. The number of alkyl halides is 1. The smallest absolute Gasteiger partial charge is 0.237 e. The number of halogens is 3. The summed E-state index contributed by atoms with van der Waals surface area (Å²) in [6.07, 6.45) is 0. The summed E-state index contributed by atoms with van der Waals surface area (Å²) in [5.41, 5.74) is 0.977. The fraction of sp³-hybridized carbons (Fsp3) is 0.533. The van der Waals surface area contributed by atoms with Gasteiger partial charge in [0.1, 0.15) is 0 Å². The average molecular weight is 381 g/mol. The zero-order valence-corrected chi connectivity index (χ0v) is 15.3. The number of hydrogen-bond donors (Lipinski definition) is 0. The van der Waals surface area contributed by atoms with Gasteiger partial charge in [-0.3, -0.25) is 4.79 Å². The zero-order valence-electron chi connectivity index (χ0n) is 12.2. The van der Waals surface area contributed by atoms with E-state index >= 15 is 0 Å². The first-order valence-corrected chi connectivity index (χ1v) is 8.29. The molecule has 0 aliphatic carbocycles. The fourth-order valence-electron chi connectivity index (χ4n) is 1.79. The molecule has 1 unspecified atom stereocenters. The van der Waals surface area contributed by atoms with E-state index in [0.717, 1.165) is 5.56 Å². The highest BCUT2D eigenvalue weighted by molar-refractivity contribution is 9.10.